The van der Waals surface area contributed by atoms with E-state index in [1.54, 1.807) is 27.9 Å². The van der Waals surface area contributed by atoms with Gasteiger partial charge in [-0.15, -0.1) is 0 Å². The molecule has 1 aromatic heterocycles. The zero-order valence-corrected chi connectivity index (χ0v) is 20.0. The predicted octanol–water partition coefficient (Wildman–Crippen LogP) is 4.18. The van der Waals surface area contributed by atoms with Gasteiger partial charge in [0, 0.05) is 5.54 Å². The first-order valence-electron chi connectivity index (χ1n) is 10.8. The van der Waals surface area contributed by atoms with E-state index in [1.165, 1.54) is 25.0 Å². The van der Waals surface area contributed by atoms with Gasteiger partial charge in [-0.1, -0.05) is 6.07 Å². The first-order valence-corrected chi connectivity index (χ1v) is 12.3. The van der Waals surface area contributed by atoms with Crippen LogP contribution in [0, 0.1) is 0 Å². The highest BCUT2D eigenvalue weighted by Crippen LogP contribution is 2.33. The number of nitrogens with one attached hydrogen (secondary N) is 2. The number of furan rings is 1. The number of methoxy groups -OCH3 is 1. The maximum atomic E-state index is 12.6. The van der Waals surface area contributed by atoms with Gasteiger partial charge in [0.25, 0.3) is 15.9 Å². The summed E-state index contributed by atoms with van der Waals surface area (Å²) in [6.45, 7) is 7.00. The lowest BCUT2D eigenvalue weighted by atomic mass is 10.1. The summed E-state index contributed by atoms with van der Waals surface area (Å²) in [6, 6.07) is 7.81. The van der Waals surface area contributed by atoms with Crippen LogP contribution in [0.3, 0.4) is 0 Å². The molecule has 0 saturated heterocycles. The Balaban J connectivity index is 1.68. The average Bonchev–Trinajstić information content (AvgIpc) is 3.38. The number of benzene rings is 1. The van der Waals surface area contributed by atoms with Crippen molar-refractivity contribution in [2.45, 2.75) is 76.2 Å². The molecule has 1 aliphatic rings. The van der Waals surface area contributed by atoms with Gasteiger partial charge in [-0.3, -0.25) is 4.79 Å². The first kappa shape index (κ1) is 24.1. The normalized spacial score (nSPS) is 16.0. The number of amides is 1. The second kappa shape index (κ2) is 9.54. The molecule has 1 amide bonds. The lowest BCUT2D eigenvalue weighted by Crippen LogP contribution is -2.40. The molecule has 3 rings (SSSR count). The zero-order valence-electron chi connectivity index (χ0n) is 19.2. The smallest absolute Gasteiger partial charge is 0.287 e. The quantitative estimate of drug-likeness (QED) is 0.607. The Morgan fingerprint density at radius 1 is 1.12 bits per heavy atom. The fraction of sp³-hybridized carbons (Fsp3) is 0.522. The van der Waals surface area contributed by atoms with Crippen LogP contribution in [0.2, 0.25) is 0 Å². The van der Waals surface area contributed by atoms with Gasteiger partial charge in [-0.2, -0.15) is 0 Å². The topological polar surface area (TPSA) is 107 Å². The van der Waals surface area contributed by atoms with Crippen LogP contribution in [0.5, 0.6) is 11.5 Å². The molecule has 0 bridgehead atoms. The summed E-state index contributed by atoms with van der Waals surface area (Å²) in [5.74, 6) is 0.697. The summed E-state index contributed by atoms with van der Waals surface area (Å²) in [7, 11) is -2.28. The van der Waals surface area contributed by atoms with Crippen molar-refractivity contribution >= 4 is 15.9 Å². The van der Waals surface area contributed by atoms with E-state index in [9.17, 15) is 13.2 Å². The first-order chi connectivity index (χ1) is 15.0. The fourth-order valence-corrected chi connectivity index (χ4v) is 4.98. The number of carbonyl (C=O) groups excluding carboxylic acids is 1. The number of ether oxygens (including phenoxy) is 2. The molecule has 1 saturated carbocycles. The molecule has 2 N–H and O–H groups in total. The Morgan fingerprint density at radius 2 is 1.81 bits per heavy atom. The van der Waals surface area contributed by atoms with Crippen LogP contribution in [-0.2, 0) is 10.0 Å². The number of hydrogen-bond donors (Lipinski definition) is 2. The van der Waals surface area contributed by atoms with Crippen LogP contribution < -0.4 is 19.5 Å². The Kier molecular flexibility index (Phi) is 7.19. The second-order valence-corrected chi connectivity index (χ2v) is 10.7. The third kappa shape index (κ3) is 6.04. The fourth-order valence-electron chi connectivity index (χ4n) is 3.63. The molecule has 0 aliphatic heterocycles. The predicted molar refractivity (Wildman–Crippen MR) is 121 cm³/mol. The Labute approximate surface area is 189 Å². The van der Waals surface area contributed by atoms with Crippen molar-refractivity contribution in [3.8, 4) is 11.5 Å². The standard InChI is InChI=1S/C23H32N2O6S/c1-15(16-10-11-18(20(14-16)29-5)30-17-8-6-7-9-17)24-22(26)19-12-13-21(31-19)32(27,28)25-23(2,3)4/h10-15,17,25H,6-9H2,1-5H3,(H,24,26). The molecule has 1 aromatic carbocycles. The molecule has 1 fully saturated rings. The summed E-state index contributed by atoms with van der Waals surface area (Å²) in [4.78, 5) is 12.6. The monoisotopic (exact) mass is 464 g/mol. The van der Waals surface area contributed by atoms with Gasteiger partial charge in [0.15, 0.2) is 17.3 Å². The largest absolute Gasteiger partial charge is 0.493 e. The molecule has 9 heteroatoms. The minimum Gasteiger partial charge on any atom is -0.493 e. The van der Waals surface area contributed by atoms with E-state index in [2.05, 4.69) is 10.0 Å². The molecular formula is C23H32N2O6S. The lowest BCUT2D eigenvalue weighted by molar-refractivity contribution is 0.0906. The maximum Gasteiger partial charge on any atom is 0.287 e. The van der Waals surface area contributed by atoms with Crippen molar-refractivity contribution in [2.75, 3.05) is 7.11 Å². The number of sulfonamides is 1. The van der Waals surface area contributed by atoms with Crippen molar-refractivity contribution in [2.24, 2.45) is 0 Å². The van der Waals surface area contributed by atoms with E-state index < -0.39 is 21.5 Å². The van der Waals surface area contributed by atoms with Gasteiger partial charge in [0.2, 0.25) is 5.09 Å². The SMILES string of the molecule is COc1cc(C(C)NC(=O)c2ccc(S(=O)(=O)NC(C)(C)C)o2)ccc1OC1CCCC1. The lowest BCUT2D eigenvalue weighted by Gasteiger charge is -2.19. The third-order valence-electron chi connectivity index (χ3n) is 5.14. The molecule has 0 radical (unpaired) electrons. The highest BCUT2D eigenvalue weighted by molar-refractivity contribution is 7.89. The average molecular weight is 465 g/mol. The highest BCUT2D eigenvalue weighted by Gasteiger charge is 2.27. The Morgan fingerprint density at radius 3 is 2.44 bits per heavy atom. The van der Waals surface area contributed by atoms with Crippen LogP contribution in [0.15, 0.2) is 39.8 Å². The van der Waals surface area contributed by atoms with Gasteiger partial charge in [0.05, 0.1) is 19.3 Å². The molecule has 176 valence electrons. The van der Waals surface area contributed by atoms with Gasteiger partial charge in [-0.25, -0.2) is 13.1 Å². The summed E-state index contributed by atoms with van der Waals surface area (Å²) in [5.41, 5.74) is 0.151. The van der Waals surface area contributed by atoms with Crippen molar-refractivity contribution < 1.29 is 27.1 Å². The van der Waals surface area contributed by atoms with Crippen LogP contribution in [0.1, 0.15) is 75.5 Å². The van der Waals surface area contributed by atoms with Crippen LogP contribution in [0.4, 0.5) is 0 Å². The van der Waals surface area contributed by atoms with Crippen molar-refractivity contribution in [1.29, 1.82) is 0 Å². The molecule has 8 nitrogen and oxygen atoms in total. The van der Waals surface area contributed by atoms with E-state index in [4.69, 9.17) is 13.9 Å². The molecule has 2 aromatic rings. The van der Waals surface area contributed by atoms with E-state index in [0.29, 0.717) is 11.5 Å². The van der Waals surface area contributed by atoms with Crippen LogP contribution in [0.25, 0.3) is 0 Å². The zero-order chi connectivity index (χ0) is 23.5. The molecule has 1 aliphatic carbocycles. The van der Waals surface area contributed by atoms with Crippen molar-refractivity contribution in [3.05, 3.63) is 41.7 Å². The molecule has 1 atom stereocenters. The van der Waals surface area contributed by atoms with Gasteiger partial charge >= 0.3 is 0 Å². The molecular weight excluding hydrogens is 432 g/mol. The van der Waals surface area contributed by atoms with Crippen LogP contribution in [-0.4, -0.2) is 33.1 Å². The van der Waals surface area contributed by atoms with E-state index >= 15 is 0 Å². The molecule has 32 heavy (non-hydrogen) atoms. The number of carbonyl (C=O) groups is 1. The van der Waals surface area contributed by atoms with Gasteiger partial charge in [0.1, 0.15) is 0 Å². The van der Waals surface area contributed by atoms with E-state index in [-0.39, 0.29) is 23.0 Å². The molecule has 0 spiro atoms. The van der Waals surface area contributed by atoms with Crippen molar-refractivity contribution in [1.82, 2.24) is 10.0 Å². The van der Waals surface area contributed by atoms with Crippen LogP contribution >= 0.6 is 0 Å². The van der Waals surface area contributed by atoms with E-state index in [1.807, 2.05) is 25.1 Å². The summed E-state index contributed by atoms with van der Waals surface area (Å²) in [6.07, 6.45) is 4.66. The second-order valence-electron chi connectivity index (χ2n) is 9.10. The van der Waals surface area contributed by atoms with Crippen molar-refractivity contribution in [3.63, 3.8) is 0 Å². The van der Waals surface area contributed by atoms with Gasteiger partial charge in [-0.05, 0) is 83.2 Å². The number of hydrogen-bond acceptors (Lipinski definition) is 6. The molecule has 1 unspecified atom stereocenters. The third-order valence-corrected chi connectivity index (χ3v) is 6.77. The Bertz CT molecular complexity index is 1050. The highest BCUT2D eigenvalue weighted by atomic mass is 32.2. The number of rotatable bonds is 8. The minimum atomic E-state index is -3.86. The van der Waals surface area contributed by atoms with Gasteiger partial charge < -0.3 is 19.2 Å². The maximum absolute atomic E-state index is 12.6. The summed E-state index contributed by atoms with van der Waals surface area (Å²) >= 11 is 0. The Hall–Kier alpha value is -2.52. The minimum absolute atomic E-state index is 0.0840. The summed E-state index contributed by atoms with van der Waals surface area (Å²) in [5, 5.41) is 2.52. The summed E-state index contributed by atoms with van der Waals surface area (Å²) < 4.78 is 44.1. The molecule has 1 heterocycles. The van der Waals surface area contributed by atoms with E-state index in [0.717, 1.165) is 18.4 Å².